The number of ether oxygens (including phenoxy) is 1. The summed E-state index contributed by atoms with van der Waals surface area (Å²) >= 11 is 6.48. The molecule has 1 saturated heterocycles. The molecular formula is C26H30ClN5O5S. The summed E-state index contributed by atoms with van der Waals surface area (Å²) in [5, 5.41) is 4.50. The maximum absolute atomic E-state index is 12.5. The number of likely N-dealkylation sites (tertiary alicyclic amines) is 1. The van der Waals surface area contributed by atoms with Gasteiger partial charge in [0.25, 0.3) is 5.56 Å². The van der Waals surface area contributed by atoms with Gasteiger partial charge >= 0.3 is 6.09 Å². The highest BCUT2D eigenvalue weighted by Crippen LogP contribution is 2.33. The fourth-order valence-electron chi connectivity index (χ4n) is 4.28. The molecule has 1 aromatic carbocycles. The zero-order chi connectivity index (χ0) is 27.2. The van der Waals surface area contributed by atoms with Gasteiger partial charge in [-0.3, -0.25) is 9.52 Å². The molecule has 2 aliphatic rings. The van der Waals surface area contributed by atoms with E-state index in [1.165, 1.54) is 6.07 Å². The molecule has 2 fully saturated rings. The van der Waals surface area contributed by atoms with Gasteiger partial charge in [-0.15, -0.1) is 0 Å². The van der Waals surface area contributed by atoms with Gasteiger partial charge in [0.1, 0.15) is 5.60 Å². The molecule has 202 valence electrons. The van der Waals surface area contributed by atoms with E-state index in [0.29, 0.717) is 54.4 Å². The number of amides is 1. The molecule has 1 aliphatic heterocycles. The third-order valence-electron chi connectivity index (χ3n) is 6.38. The van der Waals surface area contributed by atoms with Crippen LogP contribution in [0.4, 0.5) is 10.5 Å². The van der Waals surface area contributed by atoms with Crippen molar-refractivity contribution >= 4 is 33.4 Å². The lowest BCUT2D eigenvalue weighted by atomic mass is 10.0. The molecule has 1 amide bonds. The number of carbonyl (C=O) groups excluding carboxylic acids is 1. The quantitative estimate of drug-likeness (QED) is 0.465. The fourth-order valence-corrected chi connectivity index (χ4v) is 5.95. The van der Waals surface area contributed by atoms with Crippen molar-refractivity contribution in [1.82, 2.24) is 19.2 Å². The van der Waals surface area contributed by atoms with E-state index in [1.807, 2.05) is 20.8 Å². The largest absolute Gasteiger partial charge is 0.444 e. The second-order valence-electron chi connectivity index (χ2n) is 10.8. The Morgan fingerprint density at radius 2 is 1.89 bits per heavy atom. The summed E-state index contributed by atoms with van der Waals surface area (Å²) in [6.45, 7) is 7.03. The standard InChI is InChI=1S/C26H30ClN5O5S/c1-26(2,3)37-25(34)31-13-17(14-31)12-30-16-20(5-9-24(30)33)32-15-18(11-28-32)22-8-4-19(10-23(22)27)29-38(35,36)21-6-7-21/h4-5,8-11,15-17,21,29H,6-7,12-14H2,1-3H3. The van der Waals surface area contributed by atoms with Crippen molar-refractivity contribution in [2.75, 3.05) is 17.8 Å². The van der Waals surface area contributed by atoms with Gasteiger partial charge in [-0.25, -0.2) is 17.9 Å². The van der Waals surface area contributed by atoms with Crippen molar-refractivity contribution in [2.45, 2.75) is 51.0 Å². The van der Waals surface area contributed by atoms with Crippen LogP contribution >= 0.6 is 11.6 Å². The Balaban J connectivity index is 1.26. The number of hydrogen-bond acceptors (Lipinski definition) is 6. The van der Waals surface area contributed by atoms with Gasteiger partial charge in [0.05, 0.1) is 22.2 Å². The number of anilines is 1. The Morgan fingerprint density at radius 1 is 1.16 bits per heavy atom. The van der Waals surface area contributed by atoms with E-state index in [0.717, 1.165) is 5.56 Å². The molecule has 10 nitrogen and oxygen atoms in total. The number of nitrogens with one attached hydrogen (secondary N) is 1. The number of sulfonamides is 1. The number of pyridine rings is 1. The second-order valence-corrected chi connectivity index (χ2v) is 13.2. The first-order valence-corrected chi connectivity index (χ1v) is 14.4. The summed E-state index contributed by atoms with van der Waals surface area (Å²) < 4.78 is 35.7. The third kappa shape index (κ3) is 5.88. The van der Waals surface area contributed by atoms with E-state index >= 15 is 0 Å². The van der Waals surface area contributed by atoms with Gasteiger partial charge in [0.2, 0.25) is 10.0 Å². The monoisotopic (exact) mass is 559 g/mol. The number of aromatic nitrogens is 3. The highest BCUT2D eigenvalue weighted by atomic mass is 35.5. The van der Waals surface area contributed by atoms with Crippen molar-refractivity contribution in [2.24, 2.45) is 5.92 Å². The molecule has 1 N–H and O–H groups in total. The number of rotatable bonds is 7. The van der Waals surface area contributed by atoms with Crippen LogP contribution in [0.3, 0.4) is 0 Å². The first-order chi connectivity index (χ1) is 17.9. The van der Waals surface area contributed by atoms with E-state index in [9.17, 15) is 18.0 Å². The van der Waals surface area contributed by atoms with Gasteiger partial charge in [0.15, 0.2) is 0 Å². The second kappa shape index (κ2) is 9.77. The minimum absolute atomic E-state index is 0.135. The molecule has 5 rings (SSSR count). The van der Waals surface area contributed by atoms with Crippen LogP contribution in [0.5, 0.6) is 0 Å². The predicted molar refractivity (Wildman–Crippen MR) is 145 cm³/mol. The van der Waals surface area contributed by atoms with E-state index < -0.39 is 15.6 Å². The van der Waals surface area contributed by atoms with Gasteiger partial charge in [-0.2, -0.15) is 5.10 Å². The molecule has 3 aromatic rings. The summed E-state index contributed by atoms with van der Waals surface area (Å²) in [5.41, 5.74) is 1.89. The maximum atomic E-state index is 12.5. The van der Waals surface area contributed by atoms with E-state index in [2.05, 4.69) is 9.82 Å². The van der Waals surface area contributed by atoms with Crippen molar-refractivity contribution < 1.29 is 17.9 Å². The highest BCUT2D eigenvalue weighted by Gasteiger charge is 2.36. The Labute approximate surface area is 226 Å². The van der Waals surface area contributed by atoms with Crippen molar-refractivity contribution in [3.05, 3.63) is 64.3 Å². The van der Waals surface area contributed by atoms with Gasteiger partial charge in [0, 0.05) is 60.8 Å². The highest BCUT2D eigenvalue weighted by molar-refractivity contribution is 7.93. The van der Waals surface area contributed by atoms with Crippen LogP contribution in [0.25, 0.3) is 16.8 Å². The zero-order valence-electron chi connectivity index (χ0n) is 21.4. The molecule has 1 aliphatic carbocycles. The van der Waals surface area contributed by atoms with Crippen molar-refractivity contribution in [1.29, 1.82) is 0 Å². The van der Waals surface area contributed by atoms with E-state index in [4.69, 9.17) is 16.3 Å². The van der Waals surface area contributed by atoms with Crippen LogP contribution in [0.1, 0.15) is 33.6 Å². The summed E-state index contributed by atoms with van der Waals surface area (Å²) in [6, 6.07) is 8.21. The molecule has 0 spiro atoms. The number of hydrogen-bond donors (Lipinski definition) is 1. The first kappa shape index (κ1) is 26.3. The average molecular weight is 560 g/mol. The minimum atomic E-state index is -3.37. The number of nitrogens with zero attached hydrogens (tertiary/aromatic N) is 4. The molecule has 12 heteroatoms. The van der Waals surface area contributed by atoms with Crippen LogP contribution in [-0.2, 0) is 21.3 Å². The summed E-state index contributed by atoms with van der Waals surface area (Å²) in [6.07, 6.45) is 6.22. The molecule has 38 heavy (non-hydrogen) atoms. The Hall–Kier alpha value is -3.31. The lowest BCUT2D eigenvalue weighted by Crippen LogP contribution is -2.53. The fraction of sp³-hybridized carbons (Fsp3) is 0.423. The average Bonchev–Trinajstić information content (AvgIpc) is 3.55. The molecule has 3 heterocycles. The molecule has 2 aromatic heterocycles. The normalized spacial score (nSPS) is 16.3. The minimum Gasteiger partial charge on any atom is -0.444 e. The molecule has 0 unspecified atom stereocenters. The molecule has 0 radical (unpaired) electrons. The number of halogens is 1. The van der Waals surface area contributed by atoms with Crippen LogP contribution < -0.4 is 10.3 Å². The van der Waals surface area contributed by atoms with Crippen LogP contribution in [0.15, 0.2) is 53.7 Å². The Bertz CT molecular complexity index is 1530. The molecule has 0 atom stereocenters. The summed E-state index contributed by atoms with van der Waals surface area (Å²) in [7, 11) is -3.37. The smallest absolute Gasteiger partial charge is 0.410 e. The zero-order valence-corrected chi connectivity index (χ0v) is 23.0. The van der Waals surface area contributed by atoms with Crippen LogP contribution in [0, 0.1) is 5.92 Å². The maximum Gasteiger partial charge on any atom is 0.410 e. The van der Waals surface area contributed by atoms with Crippen molar-refractivity contribution in [3.8, 4) is 16.8 Å². The third-order valence-corrected chi connectivity index (χ3v) is 8.56. The van der Waals surface area contributed by atoms with Crippen LogP contribution in [-0.4, -0.2) is 57.7 Å². The first-order valence-electron chi connectivity index (χ1n) is 12.4. The molecule has 0 bridgehead atoms. The van der Waals surface area contributed by atoms with E-state index in [-0.39, 0.29) is 22.8 Å². The molecular weight excluding hydrogens is 530 g/mol. The lowest BCUT2D eigenvalue weighted by molar-refractivity contribution is -0.00347. The summed E-state index contributed by atoms with van der Waals surface area (Å²) in [5.74, 6) is 0.151. The molecule has 1 saturated carbocycles. The number of benzene rings is 1. The lowest BCUT2D eigenvalue weighted by Gasteiger charge is -2.40. The van der Waals surface area contributed by atoms with Gasteiger partial charge in [-0.05, 0) is 51.8 Å². The van der Waals surface area contributed by atoms with Crippen LogP contribution in [0.2, 0.25) is 5.02 Å². The Kier molecular flexibility index (Phi) is 6.77. The Morgan fingerprint density at radius 3 is 2.55 bits per heavy atom. The SMILES string of the molecule is CC(C)(C)OC(=O)N1CC(Cn2cc(-n3cc(-c4ccc(NS(=O)(=O)C5CC5)cc4Cl)cn3)ccc2=O)C1. The van der Waals surface area contributed by atoms with E-state index in [1.54, 1.807) is 57.0 Å². The van der Waals surface area contributed by atoms with Crippen molar-refractivity contribution in [3.63, 3.8) is 0 Å². The predicted octanol–water partition coefficient (Wildman–Crippen LogP) is 4.13. The van der Waals surface area contributed by atoms with Gasteiger partial charge < -0.3 is 14.2 Å². The summed E-state index contributed by atoms with van der Waals surface area (Å²) in [4.78, 5) is 26.3. The number of carbonyl (C=O) groups is 1. The topological polar surface area (TPSA) is 116 Å². The van der Waals surface area contributed by atoms with Gasteiger partial charge in [-0.1, -0.05) is 17.7 Å².